The molecular weight excluding hydrogens is 503 g/mol. The Kier molecular flexibility index (Phi) is 7.03. The SMILES string of the molecule is FC(F)(F)c1nc(Nc2ccc3c(c2)CCC(N2CCCC2)CC3)n(Cc2cncc(-c3ccccc3)n2)n1. The molecule has 1 N–H and O–H groups in total. The van der Waals surface area contributed by atoms with Crippen LogP contribution in [0, 0.1) is 0 Å². The van der Waals surface area contributed by atoms with Crippen LogP contribution in [0.2, 0.25) is 0 Å². The smallest absolute Gasteiger partial charge is 0.324 e. The van der Waals surface area contributed by atoms with E-state index < -0.39 is 12.0 Å². The summed E-state index contributed by atoms with van der Waals surface area (Å²) in [6.07, 6.45) is 5.26. The van der Waals surface area contributed by atoms with Gasteiger partial charge in [-0.1, -0.05) is 36.4 Å². The van der Waals surface area contributed by atoms with Crippen molar-refractivity contribution in [2.75, 3.05) is 18.4 Å². The molecule has 3 heterocycles. The lowest BCUT2D eigenvalue weighted by atomic mass is 10.0. The summed E-state index contributed by atoms with van der Waals surface area (Å²) in [5.74, 6) is -1.18. The molecule has 39 heavy (non-hydrogen) atoms. The average Bonchev–Trinajstić information content (AvgIpc) is 3.56. The van der Waals surface area contributed by atoms with Gasteiger partial charge in [-0.3, -0.25) is 4.98 Å². The van der Waals surface area contributed by atoms with Gasteiger partial charge in [0.1, 0.15) is 0 Å². The van der Waals surface area contributed by atoms with E-state index in [0.29, 0.717) is 23.1 Å². The standard InChI is InChI=1S/C29H30F3N7/c30-29(31,32)27-36-28(39(37-27)19-24-17-33-18-26(34-24)21-6-2-1-3-7-21)35-23-11-8-20-9-12-25(13-10-22(20)16-23)38-14-4-5-15-38/h1-3,6-8,11,16-18,25H,4-5,9-10,12-15,19H2,(H,35,36,37). The van der Waals surface area contributed by atoms with Crippen LogP contribution in [0.4, 0.5) is 24.8 Å². The molecule has 6 rings (SSSR count). The van der Waals surface area contributed by atoms with E-state index >= 15 is 0 Å². The van der Waals surface area contributed by atoms with Gasteiger partial charge in [0.25, 0.3) is 5.82 Å². The summed E-state index contributed by atoms with van der Waals surface area (Å²) in [4.78, 5) is 15.3. The van der Waals surface area contributed by atoms with E-state index in [4.69, 9.17) is 0 Å². The van der Waals surface area contributed by atoms with Crippen molar-refractivity contribution in [1.82, 2.24) is 29.6 Å². The highest BCUT2D eigenvalue weighted by Gasteiger charge is 2.37. The molecule has 2 aliphatic rings. The largest absolute Gasteiger partial charge is 0.453 e. The minimum absolute atomic E-state index is 0.0118. The molecule has 7 nitrogen and oxygen atoms in total. The predicted molar refractivity (Wildman–Crippen MR) is 143 cm³/mol. The molecule has 0 spiro atoms. The summed E-state index contributed by atoms with van der Waals surface area (Å²) >= 11 is 0. The second-order valence-corrected chi connectivity index (χ2v) is 10.3. The van der Waals surface area contributed by atoms with Crippen LogP contribution in [0.25, 0.3) is 11.3 Å². The quantitative estimate of drug-likeness (QED) is 0.312. The lowest BCUT2D eigenvalue weighted by Crippen LogP contribution is -2.32. The first kappa shape index (κ1) is 25.5. The number of nitrogens with one attached hydrogen (secondary N) is 1. The first-order valence-electron chi connectivity index (χ1n) is 13.4. The fourth-order valence-electron chi connectivity index (χ4n) is 5.62. The zero-order valence-electron chi connectivity index (χ0n) is 21.5. The minimum Gasteiger partial charge on any atom is -0.324 e. The Balaban J connectivity index is 1.24. The molecule has 1 fully saturated rings. The molecule has 4 aromatic rings. The van der Waals surface area contributed by atoms with E-state index in [0.717, 1.165) is 31.2 Å². The van der Waals surface area contributed by atoms with E-state index in [1.165, 1.54) is 47.9 Å². The number of benzene rings is 2. The molecule has 0 bridgehead atoms. The van der Waals surface area contributed by atoms with Gasteiger partial charge >= 0.3 is 6.18 Å². The molecule has 0 amide bonds. The molecule has 0 radical (unpaired) electrons. The Morgan fingerprint density at radius 3 is 2.44 bits per heavy atom. The van der Waals surface area contributed by atoms with Gasteiger partial charge in [0.05, 0.1) is 30.3 Å². The number of alkyl halides is 3. The van der Waals surface area contributed by atoms with Crippen LogP contribution in [0.15, 0.2) is 60.9 Å². The first-order valence-corrected chi connectivity index (χ1v) is 13.4. The Hall–Kier alpha value is -3.79. The highest BCUT2D eigenvalue weighted by Crippen LogP contribution is 2.31. The number of aromatic nitrogens is 5. The second kappa shape index (κ2) is 10.8. The molecule has 1 atom stereocenters. The molecule has 202 valence electrons. The zero-order valence-corrected chi connectivity index (χ0v) is 21.5. The van der Waals surface area contributed by atoms with Crippen LogP contribution in [0.1, 0.15) is 48.3 Å². The monoisotopic (exact) mass is 533 g/mol. The topological polar surface area (TPSA) is 71.8 Å². The molecule has 2 aromatic carbocycles. The summed E-state index contributed by atoms with van der Waals surface area (Å²) in [5.41, 5.74) is 5.24. The van der Waals surface area contributed by atoms with Crippen LogP contribution in [0.5, 0.6) is 0 Å². The van der Waals surface area contributed by atoms with Crippen LogP contribution in [0.3, 0.4) is 0 Å². The van der Waals surface area contributed by atoms with E-state index in [1.54, 1.807) is 6.20 Å². The Labute approximate surface area is 225 Å². The molecular formula is C29H30F3N7. The van der Waals surface area contributed by atoms with E-state index in [9.17, 15) is 13.2 Å². The fraction of sp³-hybridized carbons (Fsp3) is 0.379. The van der Waals surface area contributed by atoms with Crippen LogP contribution < -0.4 is 5.32 Å². The summed E-state index contributed by atoms with van der Waals surface area (Å²) in [6, 6.07) is 16.2. The molecule has 1 aliphatic carbocycles. The number of aryl methyl sites for hydroxylation is 2. The molecule has 1 unspecified atom stereocenters. The van der Waals surface area contributed by atoms with Gasteiger partial charge in [0.15, 0.2) is 0 Å². The maximum absolute atomic E-state index is 13.6. The van der Waals surface area contributed by atoms with Gasteiger partial charge in [0, 0.05) is 17.3 Å². The van der Waals surface area contributed by atoms with Gasteiger partial charge in [-0.15, -0.1) is 5.10 Å². The molecule has 10 heteroatoms. The number of hydrogen-bond donors (Lipinski definition) is 1. The maximum atomic E-state index is 13.6. The number of rotatable bonds is 6. The van der Waals surface area contributed by atoms with Crippen molar-refractivity contribution in [3.05, 3.63) is 83.6 Å². The third-order valence-electron chi connectivity index (χ3n) is 7.60. The minimum atomic E-state index is -4.67. The summed E-state index contributed by atoms with van der Waals surface area (Å²) in [6.45, 7) is 2.36. The third-order valence-corrected chi connectivity index (χ3v) is 7.60. The number of nitrogens with zero attached hydrogens (tertiary/aromatic N) is 6. The van der Waals surface area contributed by atoms with Gasteiger partial charge in [-0.2, -0.15) is 18.2 Å². The summed E-state index contributed by atoms with van der Waals surface area (Å²) in [7, 11) is 0. The lowest BCUT2D eigenvalue weighted by molar-refractivity contribution is -0.144. The number of likely N-dealkylation sites (tertiary alicyclic amines) is 1. The van der Waals surface area contributed by atoms with Gasteiger partial charge in [-0.05, 0) is 74.9 Å². The van der Waals surface area contributed by atoms with Crippen molar-refractivity contribution in [1.29, 1.82) is 0 Å². The van der Waals surface area contributed by atoms with Crippen molar-refractivity contribution in [2.24, 2.45) is 0 Å². The average molecular weight is 534 g/mol. The van der Waals surface area contributed by atoms with Crippen LogP contribution in [-0.2, 0) is 25.6 Å². The van der Waals surface area contributed by atoms with Crippen molar-refractivity contribution >= 4 is 11.6 Å². The predicted octanol–water partition coefficient (Wildman–Crippen LogP) is 5.89. The van der Waals surface area contributed by atoms with Crippen LogP contribution >= 0.6 is 0 Å². The maximum Gasteiger partial charge on any atom is 0.453 e. The van der Waals surface area contributed by atoms with Crippen LogP contribution in [-0.4, -0.2) is 48.8 Å². The Morgan fingerprint density at radius 1 is 0.897 bits per heavy atom. The fourth-order valence-corrected chi connectivity index (χ4v) is 5.62. The Bertz CT molecular complexity index is 1430. The second-order valence-electron chi connectivity index (χ2n) is 10.3. The number of hydrogen-bond acceptors (Lipinski definition) is 6. The molecule has 0 saturated carbocycles. The lowest BCUT2D eigenvalue weighted by Gasteiger charge is -2.25. The molecule has 1 saturated heterocycles. The van der Waals surface area contributed by atoms with Crippen molar-refractivity contribution in [3.8, 4) is 11.3 Å². The summed E-state index contributed by atoms with van der Waals surface area (Å²) < 4.78 is 41.9. The van der Waals surface area contributed by atoms with E-state index in [1.807, 2.05) is 42.5 Å². The number of halogens is 3. The normalized spacial score (nSPS) is 18.1. The van der Waals surface area contributed by atoms with Gasteiger partial charge in [0.2, 0.25) is 5.95 Å². The van der Waals surface area contributed by atoms with Gasteiger partial charge < -0.3 is 10.2 Å². The van der Waals surface area contributed by atoms with Crippen molar-refractivity contribution in [2.45, 2.75) is 57.3 Å². The Morgan fingerprint density at radius 2 is 1.67 bits per heavy atom. The van der Waals surface area contributed by atoms with Crippen molar-refractivity contribution < 1.29 is 13.2 Å². The number of anilines is 2. The number of fused-ring (bicyclic) bond motifs is 1. The van der Waals surface area contributed by atoms with Gasteiger partial charge in [-0.25, -0.2) is 9.67 Å². The highest BCUT2D eigenvalue weighted by molar-refractivity contribution is 5.58. The first-order chi connectivity index (χ1) is 18.9. The van der Waals surface area contributed by atoms with E-state index in [-0.39, 0.29) is 12.5 Å². The highest BCUT2D eigenvalue weighted by atomic mass is 19.4. The molecule has 2 aromatic heterocycles. The third kappa shape index (κ3) is 5.80. The van der Waals surface area contributed by atoms with E-state index in [2.05, 4.69) is 36.3 Å². The molecule has 1 aliphatic heterocycles. The van der Waals surface area contributed by atoms with Crippen molar-refractivity contribution in [3.63, 3.8) is 0 Å². The zero-order chi connectivity index (χ0) is 26.8. The summed E-state index contributed by atoms with van der Waals surface area (Å²) in [5, 5.41) is 6.88.